The lowest BCUT2D eigenvalue weighted by Gasteiger charge is -2.07. The number of hydrogen-bond donors (Lipinski definition) is 0. The minimum atomic E-state index is -5.51. The topological polar surface area (TPSA) is 61.8 Å². The molecule has 0 bridgehead atoms. The Kier molecular flexibility index (Phi) is 5.34. The summed E-state index contributed by atoms with van der Waals surface area (Å²) < 4.78 is 67.9. The van der Waals surface area contributed by atoms with Gasteiger partial charge in [0.05, 0.1) is 13.2 Å². The molecule has 0 fully saturated rings. The zero-order chi connectivity index (χ0) is 11.2. The SMILES string of the molecule is COCOCCOS(=O)(=O)C(F)(F)F. The van der Waals surface area contributed by atoms with Crippen LogP contribution in [0.4, 0.5) is 13.2 Å². The van der Waals surface area contributed by atoms with E-state index in [-0.39, 0.29) is 13.4 Å². The quantitative estimate of drug-likeness (QED) is 0.291. The van der Waals surface area contributed by atoms with E-state index in [0.717, 1.165) is 0 Å². The van der Waals surface area contributed by atoms with Crippen molar-refractivity contribution in [2.75, 3.05) is 27.1 Å². The van der Waals surface area contributed by atoms with Crippen molar-refractivity contribution in [1.29, 1.82) is 0 Å². The highest BCUT2D eigenvalue weighted by atomic mass is 32.2. The van der Waals surface area contributed by atoms with Gasteiger partial charge in [-0.25, -0.2) is 0 Å². The van der Waals surface area contributed by atoms with E-state index >= 15 is 0 Å². The summed E-state index contributed by atoms with van der Waals surface area (Å²) >= 11 is 0. The Labute approximate surface area is 78.9 Å². The molecular weight excluding hydrogens is 229 g/mol. The second-order valence-electron chi connectivity index (χ2n) is 2.04. The molecule has 0 rings (SSSR count). The van der Waals surface area contributed by atoms with Crippen LogP contribution in [0.15, 0.2) is 0 Å². The largest absolute Gasteiger partial charge is 0.523 e. The smallest absolute Gasteiger partial charge is 0.359 e. The maximum atomic E-state index is 11.6. The summed E-state index contributed by atoms with van der Waals surface area (Å²) in [6.07, 6.45) is 0. The van der Waals surface area contributed by atoms with Gasteiger partial charge in [0, 0.05) is 7.11 Å². The van der Waals surface area contributed by atoms with Crippen molar-refractivity contribution in [1.82, 2.24) is 0 Å². The Morgan fingerprint density at radius 3 is 2.21 bits per heavy atom. The number of hydrogen-bond acceptors (Lipinski definition) is 5. The molecule has 0 saturated carbocycles. The highest BCUT2D eigenvalue weighted by molar-refractivity contribution is 7.87. The number of methoxy groups -OCH3 is 1. The second kappa shape index (κ2) is 5.49. The highest BCUT2D eigenvalue weighted by Gasteiger charge is 2.47. The van der Waals surface area contributed by atoms with E-state index in [0.29, 0.717) is 0 Å². The highest BCUT2D eigenvalue weighted by Crippen LogP contribution is 2.24. The summed E-state index contributed by atoms with van der Waals surface area (Å²) in [6.45, 7) is -1.15. The van der Waals surface area contributed by atoms with Gasteiger partial charge in [0.1, 0.15) is 6.79 Å². The van der Waals surface area contributed by atoms with Crippen molar-refractivity contribution in [3.63, 3.8) is 0 Å². The molecule has 0 amide bonds. The molecule has 0 saturated heterocycles. The number of halogens is 3. The van der Waals surface area contributed by atoms with E-state index in [1.807, 2.05) is 0 Å². The normalized spacial score (nSPS) is 13.1. The molecule has 14 heavy (non-hydrogen) atoms. The fourth-order valence-corrected chi connectivity index (χ4v) is 0.833. The first-order valence-corrected chi connectivity index (χ1v) is 4.74. The fraction of sp³-hybridized carbons (Fsp3) is 1.00. The van der Waals surface area contributed by atoms with Crippen LogP contribution in [0.3, 0.4) is 0 Å². The van der Waals surface area contributed by atoms with Gasteiger partial charge in [-0.1, -0.05) is 0 Å². The molecule has 86 valence electrons. The Morgan fingerprint density at radius 1 is 1.21 bits per heavy atom. The van der Waals surface area contributed by atoms with Crippen LogP contribution in [0.1, 0.15) is 0 Å². The third-order valence-corrected chi connectivity index (χ3v) is 1.99. The number of rotatable bonds is 6. The third-order valence-electron chi connectivity index (χ3n) is 0.951. The van der Waals surface area contributed by atoms with Crippen molar-refractivity contribution in [2.24, 2.45) is 0 Å². The second-order valence-corrected chi connectivity index (χ2v) is 3.64. The standard InChI is InChI=1S/C5H9F3O5S/c1-11-4-12-2-3-13-14(9,10)5(6,7)8/h2-4H2,1H3. The minimum Gasteiger partial charge on any atom is -0.359 e. The van der Waals surface area contributed by atoms with Crippen LogP contribution in [-0.4, -0.2) is 41.0 Å². The van der Waals surface area contributed by atoms with Gasteiger partial charge in [-0.15, -0.1) is 0 Å². The van der Waals surface area contributed by atoms with Gasteiger partial charge >= 0.3 is 15.6 Å². The van der Waals surface area contributed by atoms with Gasteiger partial charge in [-0.3, -0.25) is 4.18 Å². The summed E-state index contributed by atoms with van der Waals surface area (Å²) in [7, 11) is -4.19. The molecule has 0 unspecified atom stereocenters. The molecule has 0 spiro atoms. The van der Waals surface area contributed by atoms with Gasteiger partial charge in [0.2, 0.25) is 0 Å². The summed E-state index contributed by atoms with van der Waals surface area (Å²) in [4.78, 5) is 0. The van der Waals surface area contributed by atoms with Crippen LogP contribution in [-0.2, 0) is 23.8 Å². The first-order chi connectivity index (χ1) is 6.31. The summed E-state index contributed by atoms with van der Waals surface area (Å²) in [5.74, 6) is 0. The van der Waals surface area contributed by atoms with Crippen molar-refractivity contribution in [2.45, 2.75) is 5.51 Å². The van der Waals surface area contributed by atoms with Crippen molar-refractivity contribution < 1.29 is 35.2 Å². The third kappa shape index (κ3) is 4.74. The van der Waals surface area contributed by atoms with Crippen LogP contribution in [0.2, 0.25) is 0 Å². The van der Waals surface area contributed by atoms with Crippen LogP contribution >= 0.6 is 0 Å². The van der Waals surface area contributed by atoms with Gasteiger partial charge in [0.15, 0.2) is 0 Å². The van der Waals surface area contributed by atoms with E-state index in [1.54, 1.807) is 0 Å². The molecule has 5 nitrogen and oxygen atoms in total. The predicted octanol–water partition coefficient (Wildman–Crippen LogP) is 0.473. The van der Waals surface area contributed by atoms with E-state index in [2.05, 4.69) is 13.7 Å². The maximum Gasteiger partial charge on any atom is 0.523 e. The molecule has 0 aliphatic heterocycles. The van der Waals surface area contributed by atoms with Crippen molar-refractivity contribution in [3.8, 4) is 0 Å². The Hall–Kier alpha value is -0.380. The monoisotopic (exact) mass is 238 g/mol. The number of alkyl halides is 3. The van der Waals surface area contributed by atoms with Crippen molar-refractivity contribution >= 4 is 10.1 Å². The average molecular weight is 238 g/mol. The van der Waals surface area contributed by atoms with Crippen LogP contribution in [0, 0.1) is 0 Å². The Balaban J connectivity index is 3.80. The predicted molar refractivity (Wildman–Crippen MR) is 38.8 cm³/mol. The minimum absolute atomic E-state index is 0.143. The lowest BCUT2D eigenvalue weighted by atomic mass is 10.8. The summed E-state index contributed by atoms with van der Waals surface area (Å²) in [5, 5.41) is 0. The molecule has 0 aromatic rings. The van der Waals surface area contributed by atoms with Crippen LogP contribution in [0.25, 0.3) is 0 Å². The first-order valence-electron chi connectivity index (χ1n) is 3.33. The van der Waals surface area contributed by atoms with Gasteiger partial charge in [0.25, 0.3) is 0 Å². The molecule has 0 radical (unpaired) electrons. The molecule has 0 N–H and O–H groups in total. The maximum absolute atomic E-state index is 11.6. The number of ether oxygens (including phenoxy) is 2. The molecule has 0 aliphatic rings. The molecule has 0 aromatic heterocycles. The van der Waals surface area contributed by atoms with Gasteiger partial charge < -0.3 is 9.47 Å². The van der Waals surface area contributed by atoms with Crippen LogP contribution in [0.5, 0.6) is 0 Å². The summed E-state index contributed by atoms with van der Waals surface area (Å²) in [6, 6.07) is 0. The molecule has 0 aliphatic carbocycles. The fourth-order valence-electron chi connectivity index (χ4n) is 0.412. The average Bonchev–Trinajstić information content (AvgIpc) is 2.02. The van der Waals surface area contributed by atoms with E-state index < -0.39 is 22.2 Å². The molecule has 0 aromatic carbocycles. The van der Waals surface area contributed by atoms with E-state index in [9.17, 15) is 21.6 Å². The molecule has 9 heteroatoms. The zero-order valence-electron chi connectivity index (χ0n) is 7.20. The van der Waals surface area contributed by atoms with Crippen molar-refractivity contribution in [3.05, 3.63) is 0 Å². The zero-order valence-corrected chi connectivity index (χ0v) is 8.02. The van der Waals surface area contributed by atoms with E-state index in [1.165, 1.54) is 7.11 Å². The molecular formula is C5H9F3O5S. The first kappa shape index (κ1) is 13.6. The molecule has 0 heterocycles. The van der Waals surface area contributed by atoms with Crippen LogP contribution < -0.4 is 0 Å². The Bertz CT molecular complexity index is 247. The molecule has 0 atom stereocenters. The van der Waals surface area contributed by atoms with Gasteiger partial charge in [-0.2, -0.15) is 21.6 Å². The van der Waals surface area contributed by atoms with E-state index in [4.69, 9.17) is 0 Å². The lowest BCUT2D eigenvalue weighted by molar-refractivity contribution is -0.0613. The van der Waals surface area contributed by atoms with Gasteiger partial charge in [-0.05, 0) is 0 Å². The summed E-state index contributed by atoms with van der Waals surface area (Å²) in [5.41, 5.74) is -5.39. The lowest BCUT2D eigenvalue weighted by Crippen LogP contribution is -2.26. The Morgan fingerprint density at radius 2 is 1.79 bits per heavy atom.